The van der Waals surface area contributed by atoms with Gasteiger partial charge >= 0.3 is 0 Å². The Morgan fingerprint density at radius 1 is 1.20 bits per heavy atom. The second kappa shape index (κ2) is 11.2. The molecular weight excluding hydrogens is 353 g/mol. The summed E-state index contributed by atoms with van der Waals surface area (Å²) >= 11 is 0. The van der Waals surface area contributed by atoms with E-state index in [4.69, 9.17) is 24.7 Å². The Kier molecular flexibility index (Phi) is 9.61. The molecule has 0 aliphatic rings. The maximum absolute atomic E-state index is 12.4. The molecule has 0 aromatic heterocycles. The van der Waals surface area contributed by atoms with Gasteiger partial charge in [0.25, 0.3) is 0 Å². The van der Waals surface area contributed by atoms with Crippen LogP contribution in [0.4, 0.5) is 4.39 Å². The first-order valence-corrected chi connectivity index (χ1v) is 9.15. The summed E-state index contributed by atoms with van der Waals surface area (Å²) in [6, 6.07) is 5.77. The first kappa shape index (κ1) is 21.5. The predicted octanol–water partition coefficient (Wildman–Crippen LogP) is 1.29. The minimum absolute atomic E-state index is 0.00206. The zero-order chi connectivity index (χ0) is 18.7. The van der Waals surface area contributed by atoms with Gasteiger partial charge in [-0.05, 0) is 24.3 Å². The number of hydrogen-bond donors (Lipinski definition) is 1. The van der Waals surface area contributed by atoms with Gasteiger partial charge in [-0.1, -0.05) is 0 Å². The average molecular weight is 377 g/mol. The van der Waals surface area contributed by atoms with E-state index >= 15 is 0 Å². The molecule has 0 bridgehead atoms. The molecule has 0 radical (unpaired) electrons. The molecule has 1 aromatic rings. The van der Waals surface area contributed by atoms with E-state index in [0.717, 1.165) is 0 Å². The van der Waals surface area contributed by atoms with Crippen LogP contribution < -0.4 is 10.5 Å². The zero-order valence-corrected chi connectivity index (χ0v) is 15.1. The van der Waals surface area contributed by atoms with Crippen molar-refractivity contribution in [2.75, 3.05) is 46.5 Å². The number of hydrogen-bond acceptors (Lipinski definition) is 7. The van der Waals surface area contributed by atoms with Crippen molar-refractivity contribution in [1.82, 2.24) is 0 Å². The van der Waals surface area contributed by atoms with E-state index < -0.39 is 21.9 Å². The van der Waals surface area contributed by atoms with Crippen molar-refractivity contribution in [2.24, 2.45) is 5.73 Å². The normalized spacial score (nSPS) is 12.6. The number of sulfone groups is 1. The monoisotopic (exact) mass is 377 g/mol. The van der Waals surface area contributed by atoms with E-state index in [0.29, 0.717) is 17.7 Å². The van der Waals surface area contributed by atoms with E-state index in [1.54, 1.807) is 0 Å². The van der Waals surface area contributed by atoms with Gasteiger partial charge in [0.1, 0.15) is 18.5 Å². The van der Waals surface area contributed by atoms with Crippen LogP contribution in [0, 0.1) is 0 Å². The molecule has 0 aliphatic heterocycles. The topological polar surface area (TPSA) is 97.1 Å². The highest BCUT2D eigenvalue weighted by Gasteiger charge is 2.18. The van der Waals surface area contributed by atoms with Crippen LogP contribution in [0.1, 0.15) is 0 Å². The van der Waals surface area contributed by atoms with Gasteiger partial charge < -0.3 is 24.7 Å². The van der Waals surface area contributed by atoms with Crippen LogP contribution in [0.5, 0.6) is 5.75 Å². The number of benzene rings is 1. The quantitative estimate of drug-likeness (QED) is 0.586. The lowest BCUT2D eigenvalue weighted by atomic mass is 10.3. The lowest BCUT2D eigenvalue weighted by molar-refractivity contribution is -0.0252. The molecule has 142 valence electrons. The summed E-state index contributed by atoms with van der Waals surface area (Å²) in [5, 5.41) is 0. The highest BCUT2D eigenvalue weighted by atomic mass is 32.2. The van der Waals surface area contributed by atoms with Crippen LogP contribution in [0.3, 0.4) is 0 Å². The van der Waals surface area contributed by atoms with Crippen molar-refractivity contribution in [2.45, 2.75) is 11.0 Å². The lowest BCUT2D eigenvalue weighted by Crippen LogP contribution is -2.27. The number of ether oxygens (including phenoxy) is 4. The van der Waals surface area contributed by atoms with Gasteiger partial charge in [0.2, 0.25) is 9.84 Å². The van der Waals surface area contributed by atoms with Crippen LogP contribution in [-0.4, -0.2) is 61.0 Å². The van der Waals surface area contributed by atoms with Crippen molar-refractivity contribution in [3.63, 3.8) is 0 Å². The van der Waals surface area contributed by atoms with Crippen molar-refractivity contribution >= 4 is 9.84 Å². The van der Waals surface area contributed by atoms with Gasteiger partial charge in [0.15, 0.2) is 5.94 Å². The third-order valence-electron chi connectivity index (χ3n) is 3.19. The molecule has 0 fully saturated rings. The number of rotatable bonds is 12. The molecule has 0 saturated heterocycles. The van der Waals surface area contributed by atoms with Gasteiger partial charge in [0, 0.05) is 26.3 Å². The standard InChI is InChI=1S/C16H24FNO6S/c1-21-10-15(11-22-2)24-12-25(19,20)16-5-3-14(4-6-16)23-9-13(7-17)8-18/h3-7,15H,8-12,18H2,1-2H3/b13-7+. The second-order valence-corrected chi connectivity index (χ2v) is 7.10. The van der Waals surface area contributed by atoms with Crippen molar-refractivity contribution in [3.8, 4) is 5.75 Å². The maximum atomic E-state index is 12.4. The van der Waals surface area contributed by atoms with E-state index in [-0.39, 0.29) is 31.3 Å². The molecule has 9 heteroatoms. The number of nitrogens with two attached hydrogens (primary N) is 1. The molecular formula is C16H24FNO6S. The summed E-state index contributed by atoms with van der Waals surface area (Å²) in [6.45, 7) is 0.492. The molecule has 7 nitrogen and oxygen atoms in total. The summed E-state index contributed by atoms with van der Waals surface area (Å²) < 4.78 is 57.6. The van der Waals surface area contributed by atoms with Crippen LogP contribution in [0.2, 0.25) is 0 Å². The van der Waals surface area contributed by atoms with E-state index in [9.17, 15) is 12.8 Å². The highest BCUT2D eigenvalue weighted by Crippen LogP contribution is 2.18. The van der Waals surface area contributed by atoms with Crippen LogP contribution >= 0.6 is 0 Å². The molecule has 0 saturated carbocycles. The summed E-state index contributed by atoms with van der Waals surface area (Å²) in [6.07, 6.45) is -0.0818. The van der Waals surface area contributed by atoms with Gasteiger partial charge in [-0.2, -0.15) is 0 Å². The third kappa shape index (κ3) is 7.49. The maximum Gasteiger partial charge on any atom is 0.202 e. The molecule has 0 aliphatic carbocycles. The molecule has 2 N–H and O–H groups in total. The van der Waals surface area contributed by atoms with E-state index in [1.165, 1.54) is 38.5 Å². The summed E-state index contributed by atoms with van der Waals surface area (Å²) in [4.78, 5) is 0.0912. The second-order valence-electron chi connectivity index (χ2n) is 5.16. The fourth-order valence-corrected chi connectivity index (χ4v) is 2.88. The SMILES string of the molecule is COCC(COC)OCS(=O)(=O)c1ccc(OC/C(=C/F)CN)cc1. The van der Waals surface area contributed by atoms with Crippen molar-refractivity contribution in [3.05, 3.63) is 36.2 Å². The van der Waals surface area contributed by atoms with Crippen LogP contribution in [0.15, 0.2) is 41.1 Å². The Bertz CT molecular complexity index is 627. The van der Waals surface area contributed by atoms with Gasteiger partial charge in [-0.15, -0.1) is 0 Å². The molecule has 0 heterocycles. The predicted molar refractivity (Wildman–Crippen MR) is 90.9 cm³/mol. The molecule has 0 amide bonds. The van der Waals surface area contributed by atoms with Crippen LogP contribution in [-0.2, 0) is 24.0 Å². The van der Waals surface area contributed by atoms with Crippen molar-refractivity contribution in [1.29, 1.82) is 0 Å². The minimum Gasteiger partial charge on any atom is -0.489 e. The molecule has 1 rings (SSSR count). The molecule has 0 spiro atoms. The van der Waals surface area contributed by atoms with Crippen LogP contribution in [0.25, 0.3) is 0 Å². The Morgan fingerprint density at radius 3 is 2.28 bits per heavy atom. The Morgan fingerprint density at radius 2 is 1.80 bits per heavy atom. The largest absolute Gasteiger partial charge is 0.489 e. The summed E-state index contributed by atoms with van der Waals surface area (Å²) in [7, 11) is -0.643. The van der Waals surface area contributed by atoms with Gasteiger partial charge in [-0.3, -0.25) is 0 Å². The molecule has 0 atom stereocenters. The Labute approximate surface area is 147 Å². The Balaban J connectivity index is 2.66. The number of methoxy groups -OCH3 is 2. The lowest BCUT2D eigenvalue weighted by Gasteiger charge is -2.16. The summed E-state index contributed by atoms with van der Waals surface area (Å²) in [5.41, 5.74) is 5.63. The number of halogens is 1. The first-order chi connectivity index (χ1) is 12.0. The highest BCUT2D eigenvalue weighted by molar-refractivity contribution is 7.91. The minimum atomic E-state index is -3.63. The third-order valence-corrected chi connectivity index (χ3v) is 4.62. The van der Waals surface area contributed by atoms with E-state index in [2.05, 4.69) is 0 Å². The first-order valence-electron chi connectivity index (χ1n) is 7.50. The summed E-state index contributed by atoms with van der Waals surface area (Å²) in [5.74, 6) is -0.0868. The van der Waals surface area contributed by atoms with Crippen molar-refractivity contribution < 1.29 is 31.8 Å². The smallest absolute Gasteiger partial charge is 0.202 e. The molecule has 1 aromatic carbocycles. The zero-order valence-electron chi connectivity index (χ0n) is 14.3. The Hall–Kier alpha value is -1.52. The molecule has 25 heavy (non-hydrogen) atoms. The van der Waals surface area contributed by atoms with Gasteiger partial charge in [-0.25, -0.2) is 12.8 Å². The van der Waals surface area contributed by atoms with E-state index in [1.807, 2.05) is 0 Å². The van der Waals surface area contributed by atoms with Gasteiger partial charge in [0.05, 0.1) is 24.4 Å². The fraction of sp³-hybridized carbons (Fsp3) is 0.500. The average Bonchev–Trinajstić information content (AvgIpc) is 2.61. The fourth-order valence-electron chi connectivity index (χ4n) is 1.82. The molecule has 0 unspecified atom stereocenters.